The Balaban J connectivity index is 1.54. The van der Waals surface area contributed by atoms with Crippen molar-refractivity contribution < 1.29 is 18.6 Å². The second-order valence-corrected chi connectivity index (χ2v) is 6.97. The lowest BCUT2D eigenvalue weighted by Crippen LogP contribution is -2.33. The average Bonchev–Trinajstić information content (AvgIpc) is 3.44. The van der Waals surface area contributed by atoms with Crippen LogP contribution >= 0.6 is 0 Å². The Labute approximate surface area is 169 Å². The highest BCUT2D eigenvalue weighted by molar-refractivity contribution is 6.02. The predicted molar refractivity (Wildman–Crippen MR) is 108 cm³/mol. The number of methoxy groups -OCH3 is 1. The number of benzene rings is 2. The van der Waals surface area contributed by atoms with Crippen LogP contribution in [0.2, 0.25) is 0 Å². The van der Waals surface area contributed by atoms with Crippen molar-refractivity contribution in [1.29, 1.82) is 0 Å². The van der Waals surface area contributed by atoms with Crippen LogP contribution < -0.4 is 14.2 Å². The van der Waals surface area contributed by atoms with E-state index in [-0.39, 0.29) is 6.04 Å². The molecule has 5 rings (SSSR count). The van der Waals surface area contributed by atoms with Gasteiger partial charge in [-0.05, 0) is 55.0 Å². The number of hydrazone groups is 1. The third-order valence-corrected chi connectivity index (χ3v) is 5.29. The van der Waals surface area contributed by atoms with E-state index in [0.29, 0.717) is 18.1 Å². The zero-order valence-electron chi connectivity index (χ0n) is 16.4. The quantitative estimate of drug-likeness (QED) is 0.618. The van der Waals surface area contributed by atoms with Crippen LogP contribution in [0.3, 0.4) is 0 Å². The third-order valence-electron chi connectivity index (χ3n) is 5.29. The summed E-state index contributed by atoms with van der Waals surface area (Å²) in [5, 5.41) is 6.92. The van der Waals surface area contributed by atoms with E-state index in [1.165, 1.54) is 0 Å². The Morgan fingerprint density at radius 3 is 2.69 bits per heavy atom. The molecule has 0 bridgehead atoms. The minimum Gasteiger partial charge on any atom is -0.494 e. The lowest BCUT2D eigenvalue weighted by Gasteiger charge is -2.37. The Morgan fingerprint density at radius 2 is 1.97 bits per heavy atom. The Hall–Kier alpha value is -3.41. The van der Waals surface area contributed by atoms with Gasteiger partial charge in [-0.25, -0.2) is 5.01 Å². The lowest BCUT2D eigenvalue weighted by molar-refractivity contribution is -0.0342. The van der Waals surface area contributed by atoms with Crippen LogP contribution in [0, 0.1) is 0 Å². The second kappa shape index (κ2) is 7.20. The molecule has 148 valence electrons. The molecule has 2 aromatic carbocycles. The van der Waals surface area contributed by atoms with E-state index in [4.69, 9.17) is 23.7 Å². The molecule has 0 saturated carbocycles. The van der Waals surface area contributed by atoms with Crippen molar-refractivity contribution in [2.24, 2.45) is 5.10 Å². The fourth-order valence-electron chi connectivity index (χ4n) is 3.95. The molecule has 0 saturated heterocycles. The molecule has 0 N–H and O–H groups in total. The summed E-state index contributed by atoms with van der Waals surface area (Å²) in [5.41, 5.74) is 3.15. The highest BCUT2D eigenvalue weighted by Gasteiger charge is 2.43. The number of ether oxygens (including phenoxy) is 3. The van der Waals surface area contributed by atoms with Crippen molar-refractivity contribution >= 4 is 5.71 Å². The number of nitrogens with zero attached hydrogens (tertiary/aromatic N) is 2. The molecule has 0 amide bonds. The fourth-order valence-corrected chi connectivity index (χ4v) is 3.95. The molecular formula is C23H22N2O4. The Bertz CT molecular complexity index is 1030. The number of furan rings is 1. The summed E-state index contributed by atoms with van der Waals surface area (Å²) in [6, 6.07) is 17.9. The molecule has 0 radical (unpaired) electrons. The molecule has 29 heavy (non-hydrogen) atoms. The maximum Gasteiger partial charge on any atom is 0.246 e. The average molecular weight is 390 g/mol. The van der Waals surface area contributed by atoms with Crippen molar-refractivity contribution in [2.45, 2.75) is 25.6 Å². The van der Waals surface area contributed by atoms with Gasteiger partial charge in [0, 0.05) is 12.0 Å². The minimum absolute atomic E-state index is 0.0468. The van der Waals surface area contributed by atoms with E-state index in [2.05, 4.69) is 18.2 Å². The van der Waals surface area contributed by atoms with Crippen LogP contribution in [-0.2, 0) is 0 Å². The summed E-state index contributed by atoms with van der Waals surface area (Å²) in [4.78, 5) is 0. The second-order valence-electron chi connectivity index (χ2n) is 6.97. The van der Waals surface area contributed by atoms with Gasteiger partial charge in [-0.1, -0.05) is 12.1 Å². The van der Waals surface area contributed by atoms with E-state index < -0.39 is 6.23 Å². The summed E-state index contributed by atoms with van der Waals surface area (Å²) in [7, 11) is 1.66. The zero-order valence-corrected chi connectivity index (χ0v) is 16.4. The third kappa shape index (κ3) is 3.01. The van der Waals surface area contributed by atoms with Gasteiger partial charge in [-0.15, -0.1) is 0 Å². The fraction of sp³-hybridized carbons (Fsp3) is 0.261. The van der Waals surface area contributed by atoms with E-state index in [9.17, 15) is 0 Å². The van der Waals surface area contributed by atoms with Crippen molar-refractivity contribution in [3.05, 3.63) is 77.7 Å². The summed E-state index contributed by atoms with van der Waals surface area (Å²) < 4.78 is 23.1. The molecule has 2 aliphatic rings. The maximum absolute atomic E-state index is 6.33. The SMILES string of the molecule is CCOc1ccc(C2=NN3C(C2)c2cccc(OC)c2OC3c2ccco2)cc1. The molecule has 2 unspecified atom stereocenters. The number of para-hydroxylation sites is 1. The minimum atomic E-state index is -0.445. The maximum atomic E-state index is 6.33. The van der Waals surface area contributed by atoms with E-state index in [1.54, 1.807) is 13.4 Å². The predicted octanol–water partition coefficient (Wildman–Crippen LogP) is 4.93. The van der Waals surface area contributed by atoms with Crippen LogP contribution in [-0.4, -0.2) is 24.4 Å². The number of rotatable bonds is 5. The molecule has 3 aromatic rings. The van der Waals surface area contributed by atoms with Gasteiger partial charge in [0.25, 0.3) is 0 Å². The van der Waals surface area contributed by atoms with Crippen LogP contribution in [0.5, 0.6) is 17.2 Å². The lowest BCUT2D eigenvalue weighted by atomic mass is 9.96. The van der Waals surface area contributed by atoms with Crippen LogP contribution in [0.4, 0.5) is 0 Å². The van der Waals surface area contributed by atoms with Gasteiger partial charge < -0.3 is 18.6 Å². The zero-order chi connectivity index (χ0) is 19.8. The van der Waals surface area contributed by atoms with E-state index in [0.717, 1.165) is 34.8 Å². The molecule has 0 aliphatic carbocycles. The first kappa shape index (κ1) is 17.7. The number of fused-ring (bicyclic) bond motifs is 3. The summed E-state index contributed by atoms with van der Waals surface area (Å²) in [6.45, 7) is 2.63. The van der Waals surface area contributed by atoms with Crippen LogP contribution in [0.1, 0.15) is 42.5 Å². The van der Waals surface area contributed by atoms with Crippen molar-refractivity contribution in [1.82, 2.24) is 5.01 Å². The van der Waals surface area contributed by atoms with Gasteiger partial charge in [0.1, 0.15) is 5.75 Å². The van der Waals surface area contributed by atoms with E-state index >= 15 is 0 Å². The van der Waals surface area contributed by atoms with Gasteiger partial charge in [-0.3, -0.25) is 0 Å². The molecular weight excluding hydrogens is 368 g/mol. The summed E-state index contributed by atoms with van der Waals surface area (Å²) in [6.07, 6.45) is 1.98. The molecule has 6 nitrogen and oxygen atoms in total. The molecule has 0 fully saturated rings. The van der Waals surface area contributed by atoms with Crippen molar-refractivity contribution in [2.75, 3.05) is 13.7 Å². The monoisotopic (exact) mass is 390 g/mol. The molecule has 6 heteroatoms. The smallest absolute Gasteiger partial charge is 0.246 e. The van der Waals surface area contributed by atoms with Gasteiger partial charge in [0.2, 0.25) is 6.23 Å². The Kier molecular flexibility index (Phi) is 4.39. The van der Waals surface area contributed by atoms with Crippen molar-refractivity contribution in [3.63, 3.8) is 0 Å². The molecule has 2 atom stereocenters. The number of hydrogen-bond acceptors (Lipinski definition) is 6. The first-order valence-corrected chi connectivity index (χ1v) is 9.74. The van der Waals surface area contributed by atoms with Gasteiger partial charge in [-0.2, -0.15) is 5.10 Å². The van der Waals surface area contributed by atoms with Crippen LogP contribution in [0.25, 0.3) is 0 Å². The normalized spacial score (nSPS) is 19.8. The standard InChI is InChI=1S/C23H22N2O4/c1-3-27-16-11-9-15(10-12-16)18-14-19-17-6-4-7-20(26-2)22(17)29-23(25(19)24-18)21-8-5-13-28-21/h4-13,19,23H,3,14H2,1-2H3. The summed E-state index contributed by atoms with van der Waals surface area (Å²) in [5.74, 6) is 3.04. The molecule has 1 aromatic heterocycles. The van der Waals surface area contributed by atoms with Gasteiger partial charge >= 0.3 is 0 Å². The summed E-state index contributed by atoms with van der Waals surface area (Å²) >= 11 is 0. The molecule has 0 spiro atoms. The Morgan fingerprint density at radius 1 is 1.10 bits per heavy atom. The highest BCUT2D eigenvalue weighted by atomic mass is 16.5. The van der Waals surface area contributed by atoms with E-state index in [1.807, 2.05) is 48.3 Å². The molecule has 2 aliphatic heterocycles. The first-order valence-electron chi connectivity index (χ1n) is 9.74. The number of hydrogen-bond donors (Lipinski definition) is 0. The first-order chi connectivity index (χ1) is 14.3. The largest absolute Gasteiger partial charge is 0.494 e. The van der Waals surface area contributed by atoms with Crippen molar-refractivity contribution in [3.8, 4) is 17.2 Å². The molecule has 3 heterocycles. The highest BCUT2D eigenvalue weighted by Crippen LogP contribution is 2.50. The van der Waals surface area contributed by atoms with Gasteiger partial charge in [0.05, 0.1) is 31.7 Å². The van der Waals surface area contributed by atoms with Crippen LogP contribution in [0.15, 0.2) is 70.4 Å². The topological polar surface area (TPSA) is 56.4 Å². The van der Waals surface area contributed by atoms with Gasteiger partial charge in [0.15, 0.2) is 17.3 Å².